The van der Waals surface area contributed by atoms with Crippen molar-refractivity contribution in [1.29, 1.82) is 0 Å². The Hall–Kier alpha value is -3.48. The second-order valence-electron chi connectivity index (χ2n) is 7.12. The molecule has 2 amide bonds. The van der Waals surface area contributed by atoms with Crippen LogP contribution in [0, 0.1) is 0 Å². The number of anilines is 1. The van der Waals surface area contributed by atoms with Crippen LogP contribution in [0.2, 0.25) is 0 Å². The van der Waals surface area contributed by atoms with Gasteiger partial charge in [-0.25, -0.2) is 19.4 Å². The molecule has 2 atom stereocenters. The summed E-state index contributed by atoms with van der Waals surface area (Å²) in [5.41, 5.74) is 3.23. The number of hydrogen-bond donors (Lipinski definition) is 1. The molecule has 2 aromatic heterocycles. The highest BCUT2D eigenvalue weighted by Crippen LogP contribution is 2.38. The van der Waals surface area contributed by atoms with E-state index in [1.54, 1.807) is 35.5 Å². The summed E-state index contributed by atoms with van der Waals surface area (Å²) in [7, 11) is 0. The molecule has 0 radical (unpaired) electrons. The second kappa shape index (κ2) is 6.92. The van der Waals surface area contributed by atoms with Gasteiger partial charge in [-0.1, -0.05) is 36.4 Å². The van der Waals surface area contributed by atoms with Crippen molar-refractivity contribution in [3.05, 3.63) is 72.8 Å². The second-order valence-corrected chi connectivity index (χ2v) is 7.12. The van der Waals surface area contributed by atoms with Crippen LogP contribution in [0.15, 0.2) is 67.3 Å². The van der Waals surface area contributed by atoms with Crippen LogP contribution in [0.5, 0.6) is 0 Å². The zero-order valence-corrected chi connectivity index (χ0v) is 15.3. The van der Waals surface area contributed by atoms with Crippen molar-refractivity contribution in [2.75, 3.05) is 5.32 Å². The highest BCUT2D eigenvalue weighted by molar-refractivity contribution is 5.90. The number of carbonyl (C=O) groups is 1. The van der Waals surface area contributed by atoms with E-state index in [9.17, 15) is 4.79 Å². The number of amides is 2. The van der Waals surface area contributed by atoms with Crippen molar-refractivity contribution in [3.8, 4) is 5.95 Å². The predicted molar refractivity (Wildman–Crippen MR) is 106 cm³/mol. The van der Waals surface area contributed by atoms with Crippen LogP contribution in [0.4, 0.5) is 10.5 Å². The fourth-order valence-electron chi connectivity index (χ4n) is 4.11. The quantitative estimate of drug-likeness (QED) is 0.763. The molecular weight excluding hydrogens is 352 g/mol. The van der Waals surface area contributed by atoms with Crippen LogP contribution in [0.25, 0.3) is 11.5 Å². The van der Waals surface area contributed by atoms with Gasteiger partial charge in [0.1, 0.15) is 0 Å². The van der Waals surface area contributed by atoms with E-state index < -0.39 is 0 Å². The van der Waals surface area contributed by atoms with Crippen LogP contribution in [-0.4, -0.2) is 42.8 Å². The van der Waals surface area contributed by atoms with E-state index in [1.165, 1.54) is 11.1 Å². The molecule has 2 aliphatic rings. The Morgan fingerprint density at radius 2 is 1.89 bits per heavy atom. The lowest BCUT2D eigenvalue weighted by Gasteiger charge is -2.34. The van der Waals surface area contributed by atoms with Gasteiger partial charge in [-0.15, -0.1) is 0 Å². The van der Waals surface area contributed by atoms with Gasteiger partial charge in [0, 0.05) is 18.4 Å². The molecule has 4 heterocycles. The number of fused-ring (bicyclic) bond motifs is 2. The SMILES string of the molecule is O=C(Nc1cnn(-c2ncccn2)c1)N1C2C=C(c3ccccc3)CC1CC2. The maximum Gasteiger partial charge on any atom is 0.322 e. The van der Waals surface area contributed by atoms with Gasteiger partial charge in [0.25, 0.3) is 0 Å². The molecule has 2 aliphatic heterocycles. The van der Waals surface area contributed by atoms with Gasteiger partial charge >= 0.3 is 6.03 Å². The summed E-state index contributed by atoms with van der Waals surface area (Å²) in [4.78, 5) is 23.2. The predicted octanol–water partition coefficient (Wildman–Crippen LogP) is 3.51. The summed E-state index contributed by atoms with van der Waals surface area (Å²) < 4.78 is 1.55. The molecule has 1 fully saturated rings. The lowest BCUT2D eigenvalue weighted by atomic mass is 9.95. The smallest absolute Gasteiger partial charge is 0.315 e. The van der Waals surface area contributed by atoms with E-state index in [4.69, 9.17) is 0 Å². The highest BCUT2D eigenvalue weighted by atomic mass is 16.2. The monoisotopic (exact) mass is 372 g/mol. The van der Waals surface area contributed by atoms with Crippen LogP contribution < -0.4 is 5.32 Å². The van der Waals surface area contributed by atoms with Crippen molar-refractivity contribution in [2.24, 2.45) is 0 Å². The first kappa shape index (κ1) is 16.7. The minimum Gasteiger partial charge on any atom is -0.315 e. The summed E-state index contributed by atoms with van der Waals surface area (Å²) in [5, 5.41) is 7.21. The maximum atomic E-state index is 12.9. The van der Waals surface area contributed by atoms with Gasteiger partial charge in [-0.2, -0.15) is 5.10 Å². The third-order valence-corrected chi connectivity index (χ3v) is 5.37. The zero-order chi connectivity index (χ0) is 18.9. The topological polar surface area (TPSA) is 75.9 Å². The molecule has 1 N–H and O–H groups in total. The normalized spacial score (nSPS) is 20.7. The number of hydrogen-bond acceptors (Lipinski definition) is 4. The van der Waals surface area contributed by atoms with Crippen LogP contribution >= 0.6 is 0 Å². The van der Waals surface area contributed by atoms with E-state index in [-0.39, 0.29) is 18.1 Å². The van der Waals surface area contributed by atoms with E-state index >= 15 is 0 Å². The average molecular weight is 372 g/mol. The number of nitrogens with one attached hydrogen (secondary N) is 1. The first-order valence-electron chi connectivity index (χ1n) is 9.45. The molecule has 1 saturated heterocycles. The van der Waals surface area contributed by atoms with Crippen LogP contribution in [0.1, 0.15) is 24.8 Å². The first-order valence-corrected chi connectivity index (χ1v) is 9.45. The van der Waals surface area contributed by atoms with Crippen molar-refractivity contribution < 1.29 is 4.79 Å². The van der Waals surface area contributed by atoms with E-state index in [2.05, 4.69) is 50.7 Å². The number of nitrogens with zero attached hydrogens (tertiary/aromatic N) is 5. The molecule has 0 saturated carbocycles. The lowest BCUT2D eigenvalue weighted by molar-refractivity contribution is 0.193. The Labute approximate surface area is 162 Å². The molecule has 0 aliphatic carbocycles. The Morgan fingerprint density at radius 1 is 1.07 bits per heavy atom. The average Bonchev–Trinajstić information content (AvgIpc) is 3.31. The fourth-order valence-corrected chi connectivity index (χ4v) is 4.11. The molecule has 1 aromatic carbocycles. The third kappa shape index (κ3) is 3.05. The molecule has 3 aromatic rings. The molecule has 2 unspecified atom stereocenters. The van der Waals surface area contributed by atoms with E-state index in [0.29, 0.717) is 11.6 Å². The zero-order valence-electron chi connectivity index (χ0n) is 15.3. The van der Waals surface area contributed by atoms with E-state index in [1.807, 2.05) is 11.0 Å². The third-order valence-electron chi connectivity index (χ3n) is 5.37. The standard InChI is InChI=1S/C21H20N6O/c28-21(25-17-13-24-26(14-17)20-22-9-4-10-23-20)27-18-7-8-19(27)12-16(11-18)15-5-2-1-3-6-15/h1-6,9-11,13-14,18-19H,7-8,12H2,(H,25,28). The summed E-state index contributed by atoms with van der Waals surface area (Å²) >= 11 is 0. The van der Waals surface area contributed by atoms with Crippen LogP contribution in [0.3, 0.4) is 0 Å². The molecule has 0 spiro atoms. The highest BCUT2D eigenvalue weighted by Gasteiger charge is 2.39. The minimum atomic E-state index is -0.0793. The van der Waals surface area contributed by atoms with Gasteiger partial charge in [0.2, 0.25) is 5.95 Å². The number of urea groups is 1. The molecule has 7 nitrogen and oxygen atoms in total. The Bertz CT molecular complexity index is 1010. The fraction of sp³-hybridized carbons (Fsp3) is 0.238. The van der Waals surface area contributed by atoms with Gasteiger partial charge < -0.3 is 10.2 Å². The summed E-state index contributed by atoms with van der Waals surface area (Å²) in [6, 6.07) is 12.5. The first-order chi connectivity index (χ1) is 13.8. The molecule has 28 heavy (non-hydrogen) atoms. The Morgan fingerprint density at radius 3 is 2.68 bits per heavy atom. The molecule has 5 rings (SSSR count). The molecule has 2 bridgehead atoms. The largest absolute Gasteiger partial charge is 0.322 e. The van der Waals surface area contributed by atoms with Crippen molar-refractivity contribution in [1.82, 2.24) is 24.6 Å². The molecule has 140 valence electrons. The number of aromatic nitrogens is 4. The van der Waals surface area contributed by atoms with Gasteiger partial charge in [0.05, 0.1) is 24.1 Å². The maximum absolute atomic E-state index is 12.9. The van der Waals surface area contributed by atoms with Crippen LogP contribution in [-0.2, 0) is 0 Å². The van der Waals surface area contributed by atoms with Crippen molar-refractivity contribution >= 4 is 17.3 Å². The van der Waals surface area contributed by atoms with Gasteiger partial charge in [0.15, 0.2) is 0 Å². The minimum absolute atomic E-state index is 0.0793. The Kier molecular flexibility index (Phi) is 4.12. The van der Waals surface area contributed by atoms with Crippen molar-refractivity contribution in [2.45, 2.75) is 31.3 Å². The van der Waals surface area contributed by atoms with E-state index in [0.717, 1.165) is 19.3 Å². The molecule has 7 heteroatoms. The summed E-state index contributed by atoms with van der Waals surface area (Å²) in [6.07, 6.45) is 11.8. The number of benzene rings is 1. The summed E-state index contributed by atoms with van der Waals surface area (Å²) in [5.74, 6) is 0.469. The lowest BCUT2D eigenvalue weighted by Crippen LogP contribution is -2.45. The van der Waals surface area contributed by atoms with Gasteiger partial charge in [-0.05, 0) is 36.5 Å². The van der Waals surface area contributed by atoms with Gasteiger partial charge in [-0.3, -0.25) is 0 Å². The summed E-state index contributed by atoms with van der Waals surface area (Å²) in [6.45, 7) is 0. The number of carbonyl (C=O) groups excluding carboxylic acids is 1. The Balaban J connectivity index is 1.32. The number of rotatable bonds is 3. The molecular formula is C21H20N6O. The van der Waals surface area contributed by atoms with Crippen molar-refractivity contribution in [3.63, 3.8) is 0 Å².